The van der Waals surface area contributed by atoms with Crippen LogP contribution in [0.5, 0.6) is 0 Å². The minimum atomic E-state index is -0.803. The van der Waals surface area contributed by atoms with Gasteiger partial charge in [-0.2, -0.15) is 0 Å². The van der Waals surface area contributed by atoms with Crippen LogP contribution < -0.4 is 0 Å². The van der Waals surface area contributed by atoms with Crippen molar-refractivity contribution in [2.45, 2.75) is 50.5 Å². The lowest BCUT2D eigenvalue weighted by molar-refractivity contribution is 0.00934. The standard InChI is InChI=1S/C14H19FO/c15-13-8-6-7-12(11-13)14(16)9-4-2-1-3-5-10-14/h6-8,11,16H,1-5,9-10H2. The van der Waals surface area contributed by atoms with E-state index < -0.39 is 5.60 Å². The third kappa shape index (κ3) is 2.62. The molecule has 0 bridgehead atoms. The van der Waals surface area contributed by atoms with Crippen LogP contribution in [0.25, 0.3) is 0 Å². The Labute approximate surface area is 96.3 Å². The second-order valence-corrected chi connectivity index (χ2v) is 4.81. The van der Waals surface area contributed by atoms with Crippen LogP contribution in [0.3, 0.4) is 0 Å². The van der Waals surface area contributed by atoms with Gasteiger partial charge in [-0.3, -0.25) is 0 Å². The van der Waals surface area contributed by atoms with Gasteiger partial charge >= 0.3 is 0 Å². The fraction of sp³-hybridized carbons (Fsp3) is 0.571. The molecule has 1 N–H and O–H groups in total. The Morgan fingerprint density at radius 1 is 1.00 bits per heavy atom. The molecule has 1 saturated carbocycles. The van der Waals surface area contributed by atoms with Crippen LogP contribution in [0, 0.1) is 5.82 Å². The van der Waals surface area contributed by atoms with E-state index in [1.54, 1.807) is 6.07 Å². The van der Waals surface area contributed by atoms with E-state index in [0.717, 1.165) is 31.2 Å². The monoisotopic (exact) mass is 222 g/mol. The normalized spacial score (nSPS) is 21.1. The minimum absolute atomic E-state index is 0.256. The van der Waals surface area contributed by atoms with Crippen LogP contribution >= 0.6 is 0 Å². The maximum absolute atomic E-state index is 13.2. The molecule has 2 heteroatoms. The van der Waals surface area contributed by atoms with Gasteiger partial charge < -0.3 is 5.11 Å². The SMILES string of the molecule is OC1(c2cccc(F)c2)CCCCCCC1. The lowest BCUT2D eigenvalue weighted by Gasteiger charge is -2.30. The molecule has 2 rings (SSSR count). The maximum atomic E-state index is 13.2. The van der Waals surface area contributed by atoms with Crippen LogP contribution in [-0.4, -0.2) is 5.11 Å². The molecule has 0 aliphatic heterocycles. The summed E-state index contributed by atoms with van der Waals surface area (Å²) in [5, 5.41) is 10.6. The number of rotatable bonds is 1. The summed E-state index contributed by atoms with van der Waals surface area (Å²) in [6.07, 6.45) is 7.21. The van der Waals surface area contributed by atoms with Crippen molar-refractivity contribution in [2.75, 3.05) is 0 Å². The zero-order valence-electron chi connectivity index (χ0n) is 9.58. The molecule has 0 saturated heterocycles. The third-order valence-corrected chi connectivity index (χ3v) is 3.54. The van der Waals surface area contributed by atoms with E-state index >= 15 is 0 Å². The summed E-state index contributed by atoms with van der Waals surface area (Å²) in [7, 11) is 0. The van der Waals surface area contributed by atoms with E-state index in [1.807, 2.05) is 6.07 Å². The lowest BCUT2D eigenvalue weighted by Crippen LogP contribution is -2.26. The van der Waals surface area contributed by atoms with Gasteiger partial charge in [-0.25, -0.2) is 4.39 Å². The first-order valence-corrected chi connectivity index (χ1v) is 6.19. The van der Waals surface area contributed by atoms with Gasteiger partial charge in [-0.15, -0.1) is 0 Å². The van der Waals surface area contributed by atoms with Crippen molar-refractivity contribution < 1.29 is 9.50 Å². The average molecular weight is 222 g/mol. The molecule has 0 unspecified atom stereocenters. The highest BCUT2D eigenvalue weighted by Gasteiger charge is 2.29. The molecule has 0 aromatic heterocycles. The van der Waals surface area contributed by atoms with Gasteiger partial charge in [0, 0.05) is 0 Å². The fourth-order valence-corrected chi connectivity index (χ4v) is 2.56. The quantitative estimate of drug-likeness (QED) is 0.767. The van der Waals surface area contributed by atoms with E-state index in [1.165, 1.54) is 31.4 Å². The molecule has 0 spiro atoms. The van der Waals surface area contributed by atoms with Gasteiger partial charge in [0.1, 0.15) is 5.82 Å². The molecule has 1 fully saturated rings. The highest BCUT2D eigenvalue weighted by molar-refractivity contribution is 5.23. The van der Waals surface area contributed by atoms with E-state index in [4.69, 9.17) is 0 Å². The van der Waals surface area contributed by atoms with Crippen molar-refractivity contribution in [3.63, 3.8) is 0 Å². The van der Waals surface area contributed by atoms with Crippen molar-refractivity contribution in [1.82, 2.24) is 0 Å². The van der Waals surface area contributed by atoms with Crippen LogP contribution in [0.2, 0.25) is 0 Å². The van der Waals surface area contributed by atoms with Gasteiger partial charge in [0.15, 0.2) is 0 Å². The van der Waals surface area contributed by atoms with Crippen molar-refractivity contribution >= 4 is 0 Å². The molecule has 1 nitrogen and oxygen atoms in total. The van der Waals surface area contributed by atoms with Crippen molar-refractivity contribution in [3.8, 4) is 0 Å². The van der Waals surface area contributed by atoms with Crippen LogP contribution in [0.4, 0.5) is 4.39 Å². The fourth-order valence-electron chi connectivity index (χ4n) is 2.56. The Morgan fingerprint density at radius 3 is 2.25 bits per heavy atom. The van der Waals surface area contributed by atoms with Gasteiger partial charge in [0.2, 0.25) is 0 Å². The van der Waals surface area contributed by atoms with Crippen molar-refractivity contribution in [3.05, 3.63) is 35.6 Å². The summed E-state index contributed by atoms with van der Waals surface area (Å²) in [6, 6.07) is 6.42. The lowest BCUT2D eigenvalue weighted by atomic mass is 9.82. The molecule has 1 aliphatic rings. The first-order valence-electron chi connectivity index (χ1n) is 6.19. The summed E-state index contributed by atoms with van der Waals surface area (Å²) in [5.41, 5.74) is -0.0582. The summed E-state index contributed by atoms with van der Waals surface area (Å²) in [5.74, 6) is -0.256. The van der Waals surface area contributed by atoms with Gasteiger partial charge in [-0.1, -0.05) is 44.2 Å². The highest BCUT2D eigenvalue weighted by atomic mass is 19.1. The van der Waals surface area contributed by atoms with Gasteiger partial charge in [0.05, 0.1) is 5.60 Å². The number of aliphatic hydroxyl groups is 1. The summed E-state index contributed by atoms with van der Waals surface area (Å²) >= 11 is 0. The molecular weight excluding hydrogens is 203 g/mol. The second kappa shape index (κ2) is 4.96. The average Bonchev–Trinajstić information content (AvgIpc) is 2.24. The molecule has 16 heavy (non-hydrogen) atoms. The number of benzene rings is 1. The molecule has 0 heterocycles. The van der Waals surface area contributed by atoms with Crippen LogP contribution in [0.1, 0.15) is 50.5 Å². The molecule has 1 aromatic rings. The minimum Gasteiger partial charge on any atom is -0.385 e. The van der Waals surface area contributed by atoms with Gasteiger partial charge in [-0.05, 0) is 30.5 Å². The Hall–Kier alpha value is -0.890. The molecular formula is C14H19FO. The molecule has 88 valence electrons. The third-order valence-electron chi connectivity index (χ3n) is 3.54. The summed E-state index contributed by atoms with van der Waals surface area (Å²) < 4.78 is 13.2. The second-order valence-electron chi connectivity index (χ2n) is 4.81. The predicted octanol–water partition coefficient (Wildman–Crippen LogP) is 3.76. The molecule has 0 radical (unpaired) electrons. The maximum Gasteiger partial charge on any atom is 0.123 e. The predicted molar refractivity (Wildman–Crippen MR) is 62.6 cm³/mol. The molecule has 1 aromatic carbocycles. The molecule has 0 amide bonds. The summed E-state index contributed by atoms with van der Waals surface area (Å²) in [4.78, 5) is 0. The van der Waals surface area contributed by atoms with E-state index in [9.17, 15) is 9.50 Å². The van der Waals surface area contributed by atoms with Gasteiger partial charge in [0.25, 0.3) is 0 Å². The number of halogens is 1. The van der Waals surface area contributed by atoms with Crippen molar-refractivity contribution in [2.24, 2.45) is 0 Å². The topological polar surface area (TPSA) is 20.2 Å². The van der Waals surface area contributed by atoms with E-state index in [2.05, 4.69) is 0 Å². The summed E-state index contributed by atoms with van der Waals surface area (Å²) in [6.45, 7) is 0. The largest absolute Gasteiger partial charge is 0.385 e. The Morgan fingerprint density at radius 2 is 1.62 bits per heavy atom. The Bertz CT molecular complexity index is 340. The number of hydrogen-bond acceptors (Lipinski definition) is 1. The Kier molecular flexibility index (Phi) is 3.59. The highest BCUT2D eigenvalue weighted by Crippen LogP contribution is 2.35. The van der Waals surface area contributed by atoms with E-state index in [-0.39, 0.29) is 5.82 Å². The zero-order valence-corrected chi connectivity index (χ0v) is 9.58. The smallest absolute Gasteiger partial charge is 0.123 e. The zero-order chi connectivity index (χ0) is 11.4. The van der Waals surface area contributed by atoms with Crippen molar-refractivity contribution in [1.29, 1.82) is 0 Å². The molecule has 0 atom stereocenters. The first kappa shape index (κ1) is 11.6. The Balaban J connectivity index is 2.20. The molecule has 1 aliphatic carbocycles. The number of hydrogen-bond donors (Lipinski definition) is 1. The van der Waals surface area contributed by atoms with Crippen LogP contribution in [0.15, 0.2) is 24.3 Å². The van der Waals surface area contributed by atoms with E-state index in [0.29, 0.717) is 0 Å². The van der Waals surface area contributed by atoms with Crippen LogP contribution in [-0.2, 0) is 5.60 Å². The first-order chi connectivity index (χ1) is 7.71.